The van der Waals surface area contributed by atoms with Crippen LogP contribution in [0.1, 0.15) is 27.2 Å². The number of furan rings is 1. The Morgan fingerprint density at radius 1 is 1.40 bits per heavy atom. The molecule has 0 radical (unpaired) electrons. The van der Waals surface area contributed by atoms with E-state index in [0.29, 0.717) is 12.1 Å². The maximum absolute atomic E-state index is 11.0. The highest BCUT2D eigenvalue weighted by Crippen LogP contribution is 2.27. The summed E-state index contributed by atoms with van der Waals surface area (Å²) in [5, 5.41) is 9.86. The lowest BCUT2D eigenvalue weighted by atomic mass is 9.99. The van der Waals surface area contributed by atoms with Gasteiger partial charge in [0.2, 0.25) is 5.76 Å². The molecule has 1 aromatic carbocycles. The number of rotatable bonds is 3. The third-order valence-corrected chi connectivity index (χ3v) is 3.98. The second-order valence-electron chi connectivity index (χ2n) is 4.92. The van der Waals surface area contributed by atoms with E-state index in [9.17, 15) is 4.79 Å². The second-order valence-corrected chi connectivity index (χ2v) is 5.33. The average molecular weight is 292 g/mol. The zero-order chi connectivity index (χ0) is 14.1. The van der Waals surface area contributed by atoms with Crippen molar-refractivity contribution in [2.45, 2.75) is 19.5 Å². The van der Waals surface area contributed by atoms with Gasteiger partial charge in [-0.3, -0.25) is 4.90 Å². The summed E-state index contributed by atoms with van der Waals surface area (Å²) >= 11 is 6.19. The number of hydrogen-bond donors (Lipinski definition) is 1. The molecule has 2 aromatic rings. The summed E-state index contributed by atoms with van der Waals surface area (Å²) in [6.07, 6.45) is 2.31. The zero-order valence-electron chi connectivity index (χ0n) is 10.8. The van der Waals surface area contributed by atoms with Crippen molar-refractivity contribution < 1.29 is 14.3 Å². The summed E-state index contributed by atoms with van der Waals surface area (Å²) in [6.45, 7) is 2.21. The molecule has 0 fully saturated rings. The standard InChI is InChI=1S/C15H14ClNO3/c16-13-3-1-2-10-8-17(6-4-12(10)13)9-11-5-7-20-14(11)15(18)19/h1-3,5,7H,4,6,8-9H2,(H,18,19). The molecule has 2 heterocycles. The fraction of sp³-hybridized carbons (Fsp3) is 0.267. The Morgan fingerprint density at radius 2 is 2.25 bits per heavy atom. The fourth-order valence-corrected chi connectivity index (χ4v) is 2.93. The first-order valence-corrected chi connectivity index (χ1v) is 6.81. The van der Waals surface area contributed by atoms with E-state index in [-0.39, 0.29) is 5.76 Å². The molecule has 20 heavy (non-hydrogen) atoms. The van der Waals surface area contributed by atoms with E-state index < -0.39 is 5.97 Å². The third-order valence-electron chi connectivity index (χ3n) is 3.62. The van der Waals surface area contributed by atoms with Crippen molar-refractivity contribution in [2.24, 2.45) is 0 Å². The number of carboxylic acid groups (broad SMARTS) is 1. The van der Waals surface area contributed by atoms with Crippen LogP contribution >= 0.6 is 11.6 Å². The summed E-state index contributed by atoms with van der Waals surface area (Å²) in [4.78, 5) is 13.2. The Morgan fingerprint density at radius 3 is 3.05 bits per heavy atom. The number of benzene rings is 1. The van der Waals surface area contributed by atoms with Gasteiger partial charge in [-0.25, -0.2) is 4.79 Å². The lowest BCUT2D eigenvalue weighted by Gasteiger charge is -2.29. The predicted octanol–water partition coefficient (Wildman–Crippen LogP) is 3.19. The predicted molar refractivity (Wildman–Crippen MR) is 74.9 cm³/mol. The van der Waals surface area contributed by atoms with Gasteiger partial charge in [0.25, 0.3) is 0 Å². The highest BCUT2D eigenvalue weighted by molar-refractivity contribution is 6.31. The number of hydrogen-bond acceptors (Lipinski definition) is 3. The van der Waals surface area contributed by atoms with Crippen molar-refractivity contribution in [1.29, 1.82) is 0 Å². The monoisotopic (exact) mass is 291 g/mol. The Kier molecular flexibility index (Phi) is 3.51. The van der Waals surface area contributed by atoms with E-state index in [1.54, 1.807) is 6.07 Å². The van der Waals surface area contributed by atoms with E-state index >= 15 is 0 Å². The van der Waals surface area contributed by atoms with Crippen molar-refractivity contribution in [3.8, 4) is 0 Å². The Labute approximate surface area is 121 Å². The van der Waals surface area contributed by atoms with E-state index in [1.165, 1.54) is 17.4 Å². The van der Waals surface area contributed by atoms with Crippen molar-refractivity contribution in [1.82, 2.24) is 4.90 Å². The third kappa shape index (κ3) is 2.44. The summed E-state index contributed by atoms with van der Waals surface area (Å²) in [6, 6.07) is 7.65. The normalized spacial score (nSPS) is 15.1. The molecular weight excluding hydrogens is 278 g/mol. The van der Waals surface area contributed by atoms with Gasteiger partial charge in [0.1, 0.15) is 0 Å². The lowest BCUT2D eigenvalue weighted by molar-refractivity contribution is 0.0659. The van der Waals surface area contributed by atoms with Gasteiger partial charge in [-0.15, -0.1) is 0 Å². The van der Waals surface area contributed by atoms with Crippen LogP contribution in [0.3, 0.4) is 0 Å². The number of aromatic carboxylic acids is 1. The lowest BCUT2D eigenvalue weighted by Crippen LogP contribution is -2.30. The van der Waals surface area contributed by atoms with Gasteiger partial charge in [0.15, 0.2) is 0 Å². The highest BCUT2D eigenvalue weighted by Gasteiger charge is 2.21. The summed E-state index contributed by atoms with van der Waals surface area (Å²) in [7, 11) is 0. The zero-order valence-corrected chi connectivity index (χ0v) is 11.6. The molecule has 0 bridgehead atoms. The number of fused-ring (bicyclic) bond motifs is 1. The van der Waals surface area contributed by atoms with Gasteiger partial charge in [0.05, 0.1) is 6.26 Å². The van der Waals surface area contributed by atoms with Crippen LogP contribution in [0.2, 0.25) is 5.02 Å². The molecule has 5 heteroatoms. The molecule has 1 aromatic heterocycles. The Balaban J connectivity index is 1.78. The topological polar surface area (TPSA) is 53.7 Å². The molecule has 0 saturated carbocycles. The van der Waals surface area contributed by atoms with Crippen molar-refractivity contribution in [3.05, 3.63) is 58.0 Å². The summed E-state index contributed by atoms with van der Waals surface area (Å²) in [5.74, 6) is -0.993. The molecule has 1 aliphatic heterocycles. The smallest absolute Gasteiger partial charge is 0.372 e. The van der Waals surface area contributed by atoms with Gasteiger partial charge in [-0.2, -0.15) is 0 Å². The molecule has 0 spiro atoms. The summed E-state index contributed by atoms with van der Waals surface area (Å²) < 4.78 is 5.01. The molecule has 3 rings (SSSR count). The molecule has 104 valence electrons. The van der Waals surface area contributed by atoms with Crippen LogP contribution in [0, 0.1) is 0 Å². The van der Waals surface area contributed by atoms with Gasteiger partial charge in [-0.05, 0) is 29.7 Å². The first kappa shape index (κ1) is 13.2. The minimum atomic E-state index is -1.02. The van der Waals surface area contributed by atoms with E-state index in [4.69, 9.17) is 21.1 Å². The van der Waals surface area contributed by atoms with Crippen molar-refractivity contribution in [2.75, 3.05) is 6.54 Å². The van der Waals surface area contributed by atoms with Crippen LogP contribution in [0.25, 0.3) is 0 Å². The molecule has 0 aliphatic carbocycles. The number of halogens is 1. The van der Waals surface area contributed by atoms with E-state index in [0.717, 1.165) is 24.5 Å². The van der Waals surface area contributed by atoms with Crippen LogP contribution in [0.15, 0.2) is 34.9 Å². The quantitative estimate of drug-likeness (QED) is 0.943. The highest BCUT2D eigenvalue weighted by atomic mass is 35.5. The molecule has 0 atom stereocenters. The first-order valence-electron chi connectivity index (χ1n) is 6.43. The minimum Gasteiger partial charge on any atom is -0.475 e. The maximum atomic E-state index is 11.0. The van der Waals surface area contributed by atoms with Crippen LogP contribution in [0.5, 0.6) is 0 Å². The second kappa shape index (κ2) is 5.31. The summed E-state index contributed by atoms with van der Waals surface area (Å²) in [5.41, 5.74) is 3.13. The largest absolute Gasteiger partial charge is 0.475 e. The van der Waals surface area contributed by atoms with Gasteiger partial charge < -0.3 is 9.52 Å². The molecule has 1 N–H and O–H groups in total. The fourth-order valence-electron chi connectivity index (χ4n) is 2.64. The molecule has 0 unspecified atom stereocenters. The number of nitrogens with zero attached hydrogens (tertiary/aromatic N) is 1. The molecular formula is C15H14ClNO3. The SMILES string of the molecule is O=C(O)c1occc1CN1CCc2c(Cl)cccc2C1. The van der Waals surface area contributed by atoms with Crippen LogP contribution in [0.4, 0.5) is 0 Å². The molecule has 4 nitrogen and oxygen atoms in total. The van der Waals surface area contributed by atoms with Crippen molar-refractivity contribution >= 4 is 17.6 Å². The number of carboxylic acids is 1. The van der Waals surface area contributed by atoms with Crippen LogP contribution in [-0.2, 0) is 19.5 Å². The van der Waals surface area contributed by atoms with Crippen molar-refractivity contribution in [3.63, 3.8) is 0 Å². The van der Waals surface area contributed by atoms with Gasteiger partial charge in [0, 0.05) is 30.2 Å². The minimum absolute atomic E-state index is 0.0295. The van der Waals surface area contributed by atoms with E-state index in [1.807, 2.05) is 12.1 Å². The Hall–Kier alpha value is -1.78. The maximum Gasteiger partial charge on any atom is 0.372 e. The van der Waals surface area contributed by atoms with Crippen LogP contribution < -0.4 is 0 Å². The number of carbonyl (C=O) groups is 1. The van der Waals surface area contributed by atoms with Gasteiger partial charge >= 0.3 is 5.97 Å². The van der Waals surface area contributed by atoms with Gasteiger partial charge in [-0.1, -0.05) is 23.7 Å². The molecule has 1 aliphatic rings. The van der Waals surface area contributed by atoms with E-state index in [2.05, 4.69) is 11.0 Å². The first-order chi connectivity index (χ1) is 9.65. The Bertz CT molecular complexity index is 650. The van der Waals surface area contributed by atoms with Crippen LogP contribution in [-0.4, -0.2) is 22.5 Å². The molecule has 0 saturated heterocycles. The molecule has 0 amide bonds. The average Bonchev–Trinajstić information content (AvgIpc) is 2.87.